The molecule has 0 aliphatic carbocycles. The monoisotopic (exact) mass is 454 g/mol. The van der Waals surface area contributed by atoms with Gasteiger partial charge in [0, 0.05) is 17.1 Å². The molecule has 7 heteroatoms. The summed E-state index contributed by atoms with van der Waals surface area (Å²) in [6.45, 7) is 5.13. The average Bonchev–Trinajstić information content (AvgIpc) is 3.03. The molecule has 168 valence electrons. The Morgan fingerprint density at radius 1 is 1.16 bits per heavy atom. The number of carbonyl (C=O) groups excluding carboxylic acids is 2. The zero-order valence-electron chi connectivity index (χ0n) is 18.3. The maximum atomic E-state index is 13.0. The van der Waals surface area contributed by atoms with Crippen molar-refractivity contribution in [2.75, 3.05) is 33.8 Å². The minimum absolute atomic E-state index is 0.0712. The normalized spacial score (nSPS) is 17.8. The standard InChI is InChI=1S/C25H27ClN2O4/c1-4-16-32-20-12-8-18(9-13-20)23(29)21-22(17-6-10-19(26)11-7-17)28(25(31)24(21)30)15-5-14-27(2)3/h4,6-13,22,29H,1,5,14-16H2,2-3H3/b23-21+/t22-/m0/s1. The molecule has 2 aromatic carbocycles. The van der Waals surface area contributed by atoms with E-state index in [9.17, 15) is 14.7 Å². The number of Topliss-reactive ketones (excluding diaryl/α,β-unsaturated/α-hetero) is 1. The average molecular weight is 455 g/mol. The Bertz CT molecular complexity index is 1010. The Balaban J connectivity index is 2.02. The van der Waals surface area contributed by atoms with Crippen molar-refractivity contribution in [2.24, 2.45) is 0 Å². The number of hydrogen-bond acceptors (Lipinski definition) is 5. The van der Waals surface area contributed by atoms with Gasteiger partial charge in [0.2, 0.25) is 0 Å². The summed E-state index contributed by atoms with van der Waals surface area (Å²) in [7, 11) is 3.90. The van der Waals surface area contributed by atoms with Crippen LogP contribution in [0.3, 0.4) is 0 Å². The van der Waals surface area contributed by atoms with E-state index < -0.39 is 17.7 Å². The molecule has 0 saturated carbocycles. The second-order valence-corrected chi connectivity index (χ2v) is 8.26. The van der Waals surface area contributed by atoms with Gasteiger partial charge in [-0.25, -0.2) is 0 Å². The fourth-order valence-corrected chi connectivity index (χ4v) is 3.81. The van der Waals surface area contributed by atoms with Gasteiger partial charge in [0.1, 0.15) is 18.1 Å². The molecule has 6 nitrogen and oxygen atoms in total. The molecule has 3 rings (SSSR count). The number of rotatable bonds is 9. The van der Waals surface area contributed by atoms with Crippen LogP contribution in [-0.2, 0) is 9.59 Å². The summed E-state index contributed by atoms with van der Waals surface area (Å²) >= 11 is 6.04. The number of ketones is 1. The third kappa shape index (κ3) is 5.21. The van der Waals surface area contributed by atoms with E-state index in [4.69, 9.17) is 16.3 Å². The Kier molecular flexibility index (Phi) is 7.72. The van der Waals surface area contributed by atoms with E-state index in [1.54, 1.807) is 54.6 Å². The van der Waals surface area contributed by atoms with Crippen LogP contribution in [0.5, 0.6) is 5.75 Å². The summed E-state index contributed by atoms with van der Waals surface area (Å²) in [5.74, 6) is -0.913. The highest BCUT2D eigenvalue weighted by Crippen LogP contribution is 2.39. The van der Waals surface area contributed by atoms with Gasteiger partial charge in [-0.1, -0.05) is 36.4 Å². The van der Waals surface area contributed by atoms with Crippen molar-refractivity contribution in [3.8, 4) is 5.75 Å². The molecule has 0 bridgehead atoms. The number of amides is 1. The predicted octanol–water partition coefficient (Wildman–Crippen LogP) is 4.28. The summed E-state index contributed by atoms with van der Waals surface area (Å²) in [5.41, 5.74) is 1.22. The highest BCUT2D eigenvalue weighted by Gasteiger charge is 2.45. The smallest absolute Gasteiger partial charge is 0.295 e. The molecular formula is C25H27ClN2O4. The van der Waals surface area contributed by atoms with E-state index >= 15 is 0 Å². The van der Waals surface area contributed by atoms with Crippen molar-refractivity contribution in [1.29, 1.82) is 0 Å². The first-order chi connectivity index (χ1) is 15.3. The van der Waals surface area contributed by atoms with Crippen LogP contribution in [0.2, 0.25) is 5.02 Å². The Morgan fingerprint density at radius 2 is 1.81 bits per heavy atom. The lowest BCUT2D eigenvalue weighted by Gasteiger charge is -2.26. The van der Waals surface area contributed by atoms with Crippen molar-refractivity contribution in [3.63, 3.8) is 0 Å². The zero-order valence-corrected chi connectivity index (χ0v) is 19.0. The number of aliphatic hydroxyl groups excluding tert-OH is 1. The van der Waals surface area contributed by atoms with Crippen LogP contribution in [0, 0.1) is 0 Å². The van der Waals surface area contributed by atoms with Crippen LogP contribution in [0.4, 0.5) is 0 Å². The highest BCUT2D eigenvalue weighted by atomic mass is 35.5. The van der Waals surface area contributed by atoms with Gasteiger partial charge in [0.25, 0.3) is 11.7 Å². The molecule has 1 fully saturated rings. The molecule has 1 heterocycles. The molecule has 1 aliphatic heterocycles. The van der Waals surface area contributed by atoms with Crippen molar-refractivity contribution < 1.29 is 19.4 Å². The van der Waals surface area contributed by atoms with E-state index in [1.807, 2.05) is 19.0 Å². The maximum absolute atomic E-state index is 13.0. The molecule has 1 atom stereocenters. The Morgan fingerprint density at radius 3 is 2.41 bits per heavy atom. The molecule has 2 aromatic rings. The third-order valence-corrected chi connectivity index (χ3v) is 5.48. The molecule has 1 N–H and O–H groups in total. The molecule has 0 unspecified atom stereocenters. The molecule has 1 aliphatic rings. The van der Waals surface area contributed by atoms with Crippen molar-refractivity contribution in [3.05, 3.63) is 82.9 Å². The fourth-order valence-electron chi connectivity index (χ4n) is 3.68. The van der Waals surface area contributed by atoms with E-state index in [-0.39, 0.29) is 11.3 Å². The number of benzene rings is 2. The van der Waals surface area contributed by atoms with Gasteiger partial charge in [-0.15, -0.1) is 0 Å². The number of aliphatic hydroxyl groups is 1. The largest absolute Gasteiger partial charge is 0.507 e. The number of likely N-dealkylation sites (tertiary alicyclic amines) is 1. The van der Waals surface area contributed by atoms with Crippen LogP contribution < -0.4 is 4.74 Å². The van der Waals surface area contributed by atoms with Crippen LogP contribution in [-0.4, -0.2) is 60.4 Å². The van der Waals surface area contributed by atoms with Crippen molar-refractivity contribution >= 4 is 29.1 Å². The van der Waals surface area contributed by atoms with Gasteiger partial charge in [-0.3, -0.25) is 9.59 Å². The van der Waals surface area contributed by atoms with Gasteiger partial charge in [-0.05, 0) is 69.0 Å². The van der Waals surface area contributed by atoms with E-state index in [0.29, 0.717) is 41.5 Å². The fraction of sp³-hybridized carbons (Fsp3) is 0.280. The van der Waals surface area contributed by atoms with E-state index in [2.05, 4.69) is 6.58 Å². The third-order valence-electron chi connectivity index (χ3n) is 5.23. The lowest BCUT2D eigenvalue weighted by atomic mass is 9.95. The van der Waals surface area contributed by atoms with Gasteiger partial charge < -0.3 is 19.6 Å². The number of ether oxygens (including phenoxy) is 1. The first-order valence-electron chi connectivity index (χ1n) is 10.4. The summed E-state index contributed by atoms with van der Waals surface area (Å²) in [4.78, 5) is 29.5. The van der Waals surface area contributed by atoms with Crippen molar-refractivity contribution in [1.82, 2.24) is 9.80 Å². The second kappa shape index (κ2) is 10.5. The molecule has 0 radical (unpaired) electrons. The summed E-state index contributed by atoms with van der Waals surface area (Å²) in [6, 6.07) is 13.0. The number of halogens is 1. The Hall–Kier alpha value is -3.09. The predicted molar refractivity (Wildman–Crippen MR) is 126 cm³/mol. The molecule has 1 amide bonds. The van der Waals surface area contributed by atoms with Crippen LogP contribution in [0.1, 0.15) is 23.6 Å². The first-order valence-corrected chi connectivity index (χ1v) is 10.7. The van der Waals surface area contributed by atoms with Crippen LogP contribution in [0.25, 0.3) is 5.76 Å². The quantitative estimate of drug-likeness (QED) is 0.265. The van der Waals surface area contributed by atoms with Crippen molar-refractivity contribution in [2.45, 2.75) is 12.5 Å². The second-order valence-electron chi connectivity index (χ2n) is 7.82. The van der Waals surface area contributed by atoms with Gasteiger partial charge >= 0.3 is 0 Å². The lowest BCUT2D eigenvalue weighted by molar-refractivity contribution is -0.139. The van der Waals surface area contributed by atoms with Gasteiger partial charge in [0.15, 0.2) is 0 Å². The van der Waals surface area contributed by atoms with Crippen LogP contribution >= 0.6 is 11.6 Å². The zero-order chi connectivity index (χ0) is 23.3. The molecule has 0 spiro atoms. The topological polar surface area (TPSA) is 70.1 Å². The van der Waals surface area contributed by atoms with E-state index in [1.165, 1.54) is 4.90 Å². The molecular weight excluding hydrogens is 428 g/mol. The maximum Gasteiger partial charge on any atom is 0.295 e. The lowest BCUT2D eigenvalue weighted by Crippen LogP contribution is -2.32. The summed E-state index contributed by atoms with van der Waals surface area (Å²) < 4.78 is 5.47. The molecule has 1 saturated heterocycles. The Labute approximate surface area is 193 Å². The molecule has 32 heavy (non-hydrogen) atoms. The van der Waals surface area contributed by atoms with E-state index in [0.717, 1.165) is 6.54 Å². The van der Waals surface area contributed by atoms with Crippen LogP contribution in [0.15, 0.2) is 66.8 Å². The highest BCUT2D eigenvalue weighted by molar-refractivity contribution is 6.46. The SMILES string of the molecule is C=CCOc1ccc(/C(O)=C2\C(=O)C(=O)N(CCCN(C)C)[C@H]2c2ccc(Cl)cc2)cc1. The number of hydrogen-bond donors (Lipinski definition) is 1. The first kappa shape index (κ1) is 23.6. The minimum Gasteiger partial charge on any atom is -0.507 e. The van der Waals surface area contributed by atoms with Gasteiger partial charge in [0.05, 0.1) is 11.6 Å². The molecule has 0 aromatic heterocycles. The van der Waals surface area contributed by atoms with Gasteiger partial charge in [-0.2, -0.15) is 0 Å². The summed E-state index contributed by atoms with van der Waals surface area (Å²) in [6.07, 6.45) is 2.33. The number of carbonyl (C=O) groups is 2. The number of nitrogens with zero attached hydrogens (tertiary/aromatic N) is 2. The summed E-state index contributed by atoms with van der Waals surface area (Å²) in [5, 5.41) is 11.6. The minimum atomic E-state index is -0.695.